The van der Waals surface area contributed by atoms with Gasteiger partial charge in [-0.25, -0.2) is 5.43 Å². The smallest absolute Gasteiger partial charge is 0.292 e. The van der Waals surface area contributed by atoms with Crippen molar-refractivity contribution in [2.75, 3.05) is 0 Å². The first kappa shape index (κ1) is 14.6. The number of nitrogens with zero attached hydrogens (tertiary/aromatic N) is 1. The van der Waals surface area contributed by atoms with Crippen LogP contribution in [0.25, 0.3) is 0 Å². The molecular formula is C8H12N2O7P2+2. The molecule has 1 aliphatic carbocycles. The van der Waals surface area contributed by atoms with Crippen LogP contribution in [0.2, 0.25) is 0 Å². The van der Waals surface area contributed by atoms with Crippen LogP contribution >= 0.6 is 16.5 Å². The van der Waals surface area contributed by atoms with Gasteiger partial charge >= 0.3 is 22.4 Å². The van der Waals surface area contributed by atoms with Gasteiger partial charge in [0.15, 0.2) is 5.78 Å². The number of Topliss-reactive ketones (excluding diaryl/α,β-unsaturated/α-hetero) is 1. The monoisotopic (exact) mass is 310 g/mol. The van der Waals surface area contributed by atoms with Crippen LogP contribution in [-0.4, -0.2) is 27.2 Å². The number of ketones is 1. The van der Waals surface area contributed by atoms with E-state index in [-0.39, 0.29) is 23.8 Å². The van der Waals surface area contributed by atoms with Gasteiger partial charge in [-0.1, -0.05) is 15.5 Å². The van der Waals surface area contributed by atoms with E-state index in [0.29, 0.717) is 0 Å². The minimum atomic E-state index is -3.10. The van der Waals surface area contributed by atoms with Gasteiger partial charge in [-0.05, 0) is 12.8 Å². The van der Waals surface area contributed by atoms with Crippen LogP contribution in [0, 0.1) is 5.92 Å². The van der Waals surface area contributed by atoms with E-state index in [4.69, 9.17) is 9.79 Å². The molecule has 19 heavy (non-hydrogen) atoms. The lowest BCUT2D eigenvalue weighted by atomic mass is 9.80. The molecule has 2 rings (SSSR count). The first-order chi connectivity index (χ1) is 8.92. The Bertz CT molecular complexity index is 446. The molecule has 3 N–H and O–H groups in total. The number of hydrazone groups is 1. The molecule has 0 aromatic heterocycles. The fourth-order valence-electron chi connectivity index (χ4n) is 1.87. The molecule has 2 atom stereocenters. The average Bonchev–Trinajstić information content (AvgIpc) is 2.56. The van der Waals surface area contributed by atoms with Gasteiger partial charge in [0.05, 0.1) is 6.42 Å². The number of carbonyl (C=O) groups is 1. The second-order valence-electron chi connectivity index (χ2n) is 4.25. The molecule has 1 saturated carbocycles. The molecule has 0 aromatic rings. The maximum Gasteiger partial charge on any atom is 0.700 e. The minimum Gasteiger partial charge on any atom is -0.292 e. The van der Waals surface area contributed by atoms with Crippen molar-refractivity contribution in [2.45, 2.75) is 31.6 Å². The van der Waals surface area contributed by atoms with Crippen LogP contribution in [0.15, 0.2) is 5.10 Å². The highest BCUT2D eigenvalue weighted by molar-refractivity contribution is 7.33. The Balaban J connectivity index is 2.06. The van der Waals surface area contributed by atoms with E-state index >= 15 is 0 Å². The number of nitrogens with one attached hydrogen (secondary N) is 1. The van der Waals surface area contributed by atoms with Crippen molar-refractivity contribution >= 4 is 28.0 Å². The standard InChI is InChI=1S/C8H10N2O7P2/c11-7(5-2-1-3-5)6-4-8(10-9-6,16-18(12)13)17-19(14)15/h5H,1-4H2,(H-2,10,11,12,13,14,15)/p+2. The fraction of sp³-hybridized carbons (Fsp3) is 0.750. The Morgan fingerprint density at radius 3 is 2.32 bits per heavy atom. The van der Waals surface area contributed by atoms with Crippen LogP contribution in [-0.2, 0) is 23.0 Å². The van der Waals surface area contributed by atoms with Gasteiger partial charge < -0.3 is 0 Å². The summed E-state index contributed by atoms with van der Waals surface area (Å²) in [4.78, 5) is 29.4. The fourth-order valence-corrected chi connectivity index (χ4v) is 2.72. The summed E-state index contributed by atoms with van der Waals surface area (Å²) in [7, 11) is -6.19. The molecule has 2 unspecified atom stereocenters. The van der Waals surface area contributed by atoms with Crippen molar-refractivity contribution in [1.29, 1.82) is 0 Å². The average molecular weight is 310 g/mol. The lowest BCUT2D eigenvalue weighted by Crippen LogP contribution is -2.42. The van der Waals surface area contributed by atoms with Crippen molar-refractivity contribution < 1.29 is 32.8 Å². The van der Waals surface area contributed by atoms with Crippen LogP contribution in [0.4, 0.5) is 0 Å². The van der Waals surface area contributed by atoms with Gasteiger partial charge in [-0.2, -0.15) is 5.10 Å². The molecule has 9 nitrogen and oxygen atoms in total. The summed E-state index contributed by atoms with van der Waals surface area (Å²) in [6.07, 6.45) is 2.22. The van der Waals surface area contributed by atoms with E-state index in [9.17, 15) is 13.9 Å². The molecule has 2 aliphatic rings. The van der Waals surface area contributed by atoms with Crippen molar-refractivity contribution in [3.8, 4) is 0 Å². The third-order valence-corrected chi connectivity index (χ3v) is 3.88. The molecule has 104 valence electrons. The van der Waals surface area contributed by atoms with Crippen LogP contribution in [0.3, 0.4) is 0 Å². The van der Waals surface area contributed by atoms with Crippen molar-refractivity contribution in [3.05, 3.63) is 0 Å². The second kappa shape index (κ2) is 5.66. The van der Waals surface area contributed by atoms with Crippen LogP contribution < -0.4 is 5.43 Å². The van der Waals surface area contributed by atoms with Crippen LogP contribution in [0.1, 0.15) is 25.7 Å². The molecule has 0 saturated heterocycles. The summed E-state index contributed by atoms with van der Waals surface area (Å²) in [6, 6.07) is 0. The van der Waals surface area contributed by atoms with Crippen molar-refractivity contribution in [2.24, 2.45) is 11.0 Å². The topological polar surface area (TPSA) is 135 Å². The molecular weight excluding hydrogens is 298 g/mol. The Morgan fingerprint density at radius 2 is 1.89 bits per heavy atom. The number of rotatable bonds is 6. The number of hydrogen-bond acceptors (Lipinski definition) is 7. The van der Waals surface area contributed by atoms with E-state index in [1.54, 1.807) is 0 Å². The van der Waals surface area contributed by atoms with Crippen molar-refractivity contribution in [3.63, 3.8) is 0 Å². The lowest BCUT2D eigenvalue weighted by Gasteiger charge is -2.23. The predicted molar refractivity (Wildman–Crippen MR) is 62.1 cm³/mol. The molecule has 11 heteroatoms. The molecule has 1 heterocycles. The van der Waals surface area contributed by atoms with Gasteiger partial charge in [0.25, 0.3) is 0 Å². The first-order valence-corrected chi connectivity index (χ1v) is 7.76. The highest BCUT2D eigenvalue weighted by atomic mass is 31.1. The second-order valence-corrected chi connectivity index (χ2v) is 5.57. The largest absolute Gasteiger partial charge is 0.700 e. The van der Waals surface area contributed by atoms with Gasteiger partial charge in [0.1, 0.15) is 5.71 Å². The van der Waals surface area contributed by atoms with Crippen molar-refractivity contribution in [1.82, 2.24) is 5.43 Å². The quantitative estimate of drug-likeness (QED) is 0.482. The van der Waals surface area contributed by atoms with E-state index < -0.39 is 22.4 Å². The van der Waals surface area contributed by atoms with E-state index in [2.05, 4.69) is 19.6 Å². The highest BCUT2D eigenvalue weighted by Gasteiger charge is 2.55. The van der Waals surface area contributed by atoms with Gasteiger partial charge in [0.2, 0.25) is 0 Å². The number of carbonyl (C=O) groups excluding carboxylic acids is 1. The summed E-state index contributed by atoms with van der Waals surface area (Å²) in [5.41, 5.74) is 2.28. The minimum absolute atomic E-state index is 0.0819. The highest BCUT2D eigenvalue weighted by Crippen LogP contribution is 2.38. The maximum atomic E-state index is 11.9. The summed E-state index contributed by atoms with van der Waals surface area (Å²) >= 11 is 0. The molecule has 0 bridgehead atoms. The number of hydrogen-bond donors (Lipinski definition) is 3. The third-order valence-electron chi connectivity index (χ3n) is 2.97. The maximum absolute atomic E-state index is 11.9. The normalized spacial score (nSPS) is 28.2. The van der Waals surface area contributed by atoms with Gasteiger partial charge in [-0.3, -0.25) is 4.79 Å². The zero-order valence-corrected chi connectivity index (χ0v) is 11.5. The summed E-state index contributed by atoms with van der Waals surface area (Å²) < 4.78 is 30.5. The molecule has 1 aliphatic heterocycles. The molecule has 1 fully saturated rings. The SMILES string of the molecule is O=C(C1=NNC(O[P+](=O)O)(O[P+](=O)O)C1)C1CCC1. The summed E-state index contributed by atoms with van der Waals surface area (Å²) in [5, 5.41) is 3.69. The predicted octanol–water partition coefficient (Wildman–Crippen LogP) is 0.691. The molecule has 0 amide bonds. The molecule has 0 aromatic carbocycles. The zero-order valence-electron chi connectivity index (χ0n) is 9.68. The van der Waals surface area contributed by atoms with Gasteiger partial charge in [-0.15, -0.1) is 9.79 Å². The molecule has 0 spiro atoms. The summed E-state index contributed by atoms with van der Waals surface area (Å²) in [6.45, 7) is 0. The summed E-state index contributed by atoms with van der Waals surface area (Å²) in [5.74, 6) is -2.35. The van der Waals surface area contributed by atoms with E-state index in [1.165, 1.54) is 0 Å². The lowest BCUT2D eigenvalue weighted by molar-refractivity contribution is -0.130. The zero-order chi connectivity index (χ0) is 14.0. The Labute approximate surface area is 109 Å². The van der Waals surface area contributed by atoms with E-state index in [0.717, 1.165) is 19.3 Å². The Kier molecular flexibility index (Phi) is 4.35. The third kappa shape index (κ3) is 3.39. The Morgan fingerprint density at radius 1 is 1.32 bits per heavy atom. The first-order valence-electron chi connectivity index (χ1n) is 5.50. The van der Waals surface area contributed by atoms with E-state index in [1.807, 2.05) is 0 Å². The van der Waals surface area contributed by atoms with Crippen LogP contribution in [0.5, 0.6) is 0 Å². The Hall–Kier alpha value is -0.820. The van der Waals surface area contributed by atoms with Gasteiger partial charge in [0, 0.05) is 15.0 Å². The molecule has 0 radical (unpaired) electrons.